The van der Waals surface area contributed by atoms with Gasteiger partial charge in [0.2, 0.25) is 0 Å². The summed E-state index contributed by atoms with van der Waals surface area (Å²) < 4.78 is 7.36. The summed E-state index contributed by atoms with van der Waals surface area (Å²) >= 11 is 0. The SMILES string of the molecule is CC1(C)c2cc(N(c3ccc4c(c3)C(C)(C)c3cc5c(cc3-4)C(C)(C)c3ccc4ccccc4c3-5)c3cccc4c3oc3c(C5CCCCC5)cccc34)ccc2-c2cc3c(cc21)-c1cc2ccccc2cc1C3(C)C. The second-order valence-electron chi connectivity index (χ2n) is 25.5. The van der Waals surface area contributed by atoms with Crippen LogP contribution in [0.2, 0.25) is 0 Å². The van der Waals surface area contributed by atoms with Crippen LogP contribution in [0.25, 0.3) is 88.0 Å². The first-order chi connectivity index (χ1) is 36.7. The van der Waals surface area contributed by atoms with Crippen LogP contribution >= 0.6 is 0 Å². The third kappa shape index (κ3) is 5.78. The van der Waals surface area contributed by atoms with Gasteiger partial charge in [0.1, 0.15) is 5.58 Å². The van der Waals surface area contributed by atoms with Gasteiger partial charge in [-0.1, -0.05) is 178 Å². The van der Waals surface area contributed by atoms with Gasteiger partial charge in [-0.2, -0.15) is 0 Å². The van der Waals surface area contributed by atoms with Gasteiger partial charge in [-0.25, -0.2) is 0 Å². The molecule has 1 heterocycles. The van der Waals surface area contributed by atoms with Gasteiger partial charge in [0.25, 0.3) is 0 Å². The second kappa shape index (κ2) is 15.0. The van der Waals surface area contributed by atoms with Crippen LogP contribution in [0.3, 0.4) is 0 Å². The van der Waals surface area contributed by atoms with Crippen molar-refractivity contribution in [2.75, 3.05) is 4.90 Å². The van der Waals surface area contributed by atoms with Gasteiger partial charge in [0, 0.05) is 43.8 Å². The Bertz CT molecular complexity index is 4390. The standard InChI is InChI=1S/C74H63NO/c1-71(2)59-33-28-43-20-14-15-23-48(43)68(59)58-41-65-56(39-66(58)71)51-32-30-47(37-62(51)74(65,7)8)75(67-27-17-26-53-52-25-16-24-49(69(52)76-70(53)67)42-18-10-9-11-19-42)46-29-31-50-55-38-64-57(40-63(55)73(5,6)61(50)36-46)54-34-44-21-12-13-22-45(44)35-60(54)72(64,3)4/h12-17,20-42H,9-11,18-19H2,1-8H3. The quantitative estimate of drug-likeness (QED) is 0.175. The van der Waals surface area contributed by atoms with Crippen molar-refractivity contribution in [3.63, 3.8) is 0 Å². The van der Waals surface area contributed by atoms with E-state index in [0.717, 1.165) is 28.2 Å². The van der Waals surface area contributed by atoms with Crippen LogP contribution in [-0.2, 0) is 21.7 Å². The van der Waals surface area contributed by atoms with E-state index in [1.165, 1.54) is 159 Å². The molecule has 0 unspecified atom stereocenters. The lowest BCUT2D eigenvalue weighted by Gasteiger charge is -2.29. The first-order valence-corrected chi connectivity index (χ1v) is 28.2. The minimum Gasteiger partial charge on any atom is -0.454 e. The summed E-state index contributed by atoms with van der Waals surface area (Å²) in [6, 6.07) is 66.0. The maximum absolute atomic E-state index is 7.36. The average Bonchev–Trinajstić information content (AvgIpc) is 4.35. The number of anilines is 3. The van der Waals surface area contributed by atoms with E-state index in [1.54, 1.807) is 0 Å². The fourth-order valence-corrected chi connectivity index (χ4v) is 15.8. The van der Waals surface area contributed by atoms with Crippen molar-refractivity contribution in [3.8, 4) is 44.5 Å². The van der Waals surface area contributed by atoms with Crippen LogP contribution in [0, 0.1) is 0 Å². The molecule has 1 aromatic heterocycles. The van der Waals surface area contributed by atoms with E-state index in [2.05, 4.69) is 230 Å². The van der Waals surface area contributed by atoms with Crippen molar-refractivity contribution < 1.29 is 4.42 Å². The topological polar surface area (TPSA) is 16.4 Å². The van der Waals surface area contributed by atoms with Crippen LogP contribution in [0.4, 0.5) is 17.1 Å². The Morgan fingerprint density at radius 2 is 0.829 bits per heavy atom. The molecule has 0 aliphatic heterocycles. The minimum absolute atomic E-state index is 0.119. The molecule has 370 valence electrons. The smallest absolute Gasteiger partial charge is 0.159 e. The lowest BCUT2D eigenvalue weighted by Crippen LogP contribution is -2.18. The number of benzene rings is 10. The second-order valence-corrected chi connectivity index (χ2v) is 25.5. The first kappa shape index (κ1) is 44.6. The van der Waals surface area contributed by atoms with Gasteiger partial charge < -0.3 is 9.32 Å². The van der Waals surface area contributed by atoms with Crippen molar-refractivity contribution in [2.45, 2.75) is 115 Å². The van der Waals surface area contributed by atoms with E-state index in [-0.39, 0.29) is 21.7 Å². The zero-order chi connectivity index (χ0) is 51.4. The Balaban J connectivity index is 0.878. The normalized spacial score (nSPS) is 17.6. The molecule has 5 aliphatic rings. The molecule has 11 aromatic rings. The van der Waals surface area contributed by atoms with Crippen molar-refractivity contribution in [2.24, 2.45) is 0 Å². The number of hydrogen-bond acceptors (Lipinski definition) is 2. The third-order valence-corrected chi connectivity index (χ3v) is 20.0. The van der Waals surface area contributed by atoms with Crippen molar-refractivity contribution in [1.82, 2.24) is 0 Å². The Labute approximate surface area is 447 Å². The molecule has 10 aromatic carbocycles. The molecule has 0 bridgehead atoms. The molecule has 0 saturated heterocycles. The maximum Gasteiger partial charge on any atom is 0.159 e. The Morgan fingerprint density at radius 3 is 1.47 bits per heavy atom. The van der Waals surface area contributed by atoms with Gasteiger partial charge in [0.05, 0.1) is 5.69 Å². The van der Waals surface area contributed by atoms with Gasteiger partial charge >= 0.3 is 0 Å². The van der Waals surface area contributed by atoms with Crippen molar-refractivity contribution >= 4 is 60.5 Å². The molecule has 0 amide bonds. The monoisotopic (exact) mass is 981 g/mol. The molecule has 1 fully saturated rings. The molecule has 0 radical (unpaired) electrons. The molecule has 0 atom stereocenters. The van der Waals surface area contributed by atoms with E-state index in [0.29, 0.717) is 5.92 Å². The average molecular weight is 982 g/mol. The number of rotatable bonds is 4. The minimum atomic E-state index is -0.250. The summed E-state index contributed by atoms with van der Waals surface area (Å²) in [5.41, 5.74) is 28.1. The van der Waals surface area contributed by atoms with E-state index in [4.69, 9.17) is 4.42 Å². The van der Waals surface area contributed by atoms with Crippen LogP contribution in [0.5, 0.6) is 0 Å². The molecular formula is C74H63NO. The highest BCUT2D eigenvalue weighted by molar-refractivity contribution is 6.12. The molecule has 2 nitrogen and oxygen atoms in total. The molecule has 16 rings (SSSR count). The molecule has 2 heteroatoms. The number of nitrogens with zero attached hydrogens (tertiary/aromatic N) is 1. The summed E-state index contributed by atoms with van der Waals surface area (Å²) in [5.74, 6) is 0.526. The Kier molecular flexibility index (Phi) is 8.83. The Morgan fingerprint density at radius 1 is 0.355 bits per heavy atom. The number of fused-ring (bicyclic) bond motifs is 18. The molecule has 0 N–H and O–H groups in total. The van der Waals surface area contributed by atoms with Crippen molar-refractivity contribution in [3.05, 3.63) is 220 Å². The maximum atomic E-state index is 7.36. The highest BCUT2D eigenvalue weighted by Crippen LogP contribution is 2.60. The summed E-state index contributed by atoms with van der Waals surface area (Å²) in [7, 11) is 0. The van der Waals surface area contributed by atoms with Gasteiger partial charge in [0.15, 0.2) is 5.58 Å². The van der Waals surface area contributed by atoms with Gasteiger partial charge in [-0.15, -0.1) is 0 Å². The fraction of sp³-hybridized carbons (Fsp3) is 0.243. The molecular weight excluding hydrogens is 919 g/mol. The zero-order valence-electron chi connectivity index (χ0n) is 45.1. The van der Waals surface area contributed by atoms with E-state index in [1.807, 2.05) is 0 Å². The summed E-state index contributed by atoms with van der Waals surface area (Å²) in [5, 5.41) is 7.64. The molecule has 0 spiro atoms. The van der Waals surface area contributed by atoms with E-state index >= 15 is 0 Å². The lowest BCUT2D eigenvalue weighted by atomic mass is 9.79. The summed E-state index contributed by atoms with van der Waals surface area (Å²) in [4.78, 5) is 2.53. The number of furan rings is 1. The predicted molar refractivity (Wildman–Crippen MR) is 319 cm³/mol. The van der Waals surface area contributed by atoms with Crippen LogP contribution in [0.15, 0.2) is 174 Å². The van der Waals surface area contributed by atoms with Gasteiger partial charge in [-0.05, 0) is 202 Å². The summed E-state index contributed by atoms with van der Waals surface area (Å²) in [6.07, 6.45) is 6.35. The predicted octanol–water partition coefficient (Wildman–Crippen LogP) is 20.6. The third-order valence-electron chi connectivity index (χ3n) is 20.0. The molecule has 1 saturated carbocycles. The van der Waals surface area contributed by atoms with Gasteiger partial charge in [-0.3, -0.25) is 0 Å². The van der Waals surface area contributed by atoms with E-state index in [9.17, 15) is 0 Å². The highest BCUT2D eigenvalue weighted by Gasteiger charge is 2.45. The lowest BCUT2D eigenvalue weighted by molar-refractivity contribution is 0.442. The van der Waals surface area contributed by atoms with Crippen LogP contribution in [-0.4, -0.2) is 0 Å². The number of hydrogen-bond donors (Lipinski definition) is 0. The first-order valence-electron chi connectivity index (χ1n) is 28.2. The van der Waals surface area contributed by atoms with Crippen molar-refractivity contribution in [1.29, 1.82) is 0 Å². The van der Waals surface area contributed by atoms with E-state index < -0.39 is 0 Å². The largest absolute Gasteiger partial charge is 0.454 e. The fourth-order valence-electron chi connectivity index (χ4n) is 15.8. The molecule has 76 heavy (non-hydrogen) atoms. The van der Waals surface area contributed by atoms with Crippen LogP contribution in [0.1, 0.15) is 143 Å². The molecule has 5 aliphatic carbocycles. The van der Waals surface area contributed by atoms with Crippen LogP contribution < -0.4 is 4.90 Å². The Hall–Kier alpha value is -7.68. The zero-order valence-corrected chi connectivity index (χ0v) is 45.1. The highest BCUT2D eigenvalue weighted by atomic mass is 16.3. The number of para-hydroxylation sites is 2. The summed E-state index contributed by atoms with van der Waals surface area (Å²) in [6.45, 7) is 19.5.